The van der Waals surface area contributed by atoms with Gasteiger partial charge in [-0.1, -0.05) is 6.42 Å². The van der Waals surface area contributed by atoms with Crippen LogP contribution in [0, 0.1) is 6.92 Å². The number of nitrogens with one attached hydrogen (secondary N) is 1. The zero-order valence-electron chi connectivity index (χ0n) is 12.6. The van der Waals surface area contributed by atoms with Crippen LogP contribution in [-0.4, -0.2) is 47.9 Å². The van der Waals surface area contributed by atoms with Gasteiger partial charge in [0, 0.05) is 37.8 Å². The molecule has 3 heterocycles. The summed E-state index contributed by atoms with van der Waals surface area (Å²) in [6.07, 6.45) is 4.00. The van der Waals surface area contributed by atoms with E-state index < -0.39 is 0 Å². The highest BCUT2D eigenvalue weighted by molar-refractivity contribution is 5.91. The van der Waals surface area contributed by atoms with Crippen LogP contribution in [0.25, 0.3) is 0 Å². The number of rotatable bonds is 3. The van der Waals surface area contributed by atoms with Gasteiger partial charge in [-0.05, 0) is 32.4 Å². The fourth-order valence-electron chi connectivity index (χ4n) is 3.46. The molecule has 0 saturated carbocycles. The molecule has 2 aliphatic heterocycles. The molecule has 1 aromatic heterocycles. The first-order chi connectivity index (χ1) is 10.2. The largest absolute Gasteiger partial charge is 0.456 e. The van der Waals surface area contributed by atoms with Crippen molar-refractivity contribution in [2.75, 3.05) is 26.2 Å². The van der Waals surface area contributed by atoms with Gasteiger partial charge in [-0.2, -0.15) is 0 Å². The van der Waals surface area contributed by atoms with Gasteiger partial charge in [0.2, 0.25) is 0 Å². The Morgan fingerprint density at radius 1 is 1.43 bits per heavy atom. The number of furan rings is 1. The number of nitrogen functional groups attached to an aromatic ring is 1. The smallest absolute Gasteiger partial charge is 0.300 e. The number of carbonyl (C=O) groups is 1. The fraction of sp³-hybridized carbons (Fsp3) is 0.667. The number of piperidine rings is 1. The molecule has 3 N–H and O–H groups in total. The van der Waals surface area contributed by atoms with Crippen LogP contribution in [0.3, 0.4) is 0 Å². The highest BCUT2D eigenvalue weighted by Crippen LogP contribution is 2.23. The number of amides is 1. The van der Waals surface area contributed by atoms with Crippen molar-refractivity contribution in [2.24, 2.45) is 5.84 Å². The van der Waals surface area contributed by atoms with E-state index in [4.69, 9.17) is 10.3 Å². The van der Waals surface area contributed by atoms with Gasteiger partial charge < -0.3 is 4.42 Å². The Kier molecular flexibility index (Phi) is 4.28. The second kappa shape index (κ2) is 6.17. The topological polar surface area (TPSA) is 74.7 Å². The van der Waals surface area contributed by atoms with Crippen LogP contribution in [0.1, 0.15) is 41.1 Å². The number of carbonyl (C=O) groups excluding carboxylic acids is 1. The maximum atomic E-state index is 11.5. The highest BCUT2D eigenvalue weighted by Gasteiger charge is 2.29. The van der Waals surface area contributed by atoms with E-state index in [0.717, 1.165) is 37.5 Å². The summed E-state index contributed by atoms with van der Waals surface area (Å²) in [6, 6.07) is 2.51. The Labute approximate surface area is 125 Å². The SMILES string of the molecule is Cc1oc(C(=O)NN)cc1CN1CCN2CCCCC2C1. The van der Waals surface area contributed by atoms with Crippen LogP contribution in [0.2, 0.25) is 0 Å². The molecule has 1 unspecified atom stereocenters. The Morgan fingerprint density at radius 3 is 3.10 bits per heavy atom. The first-order valence-electron chi connectivity index (χ1n) is 7.74. The minimum Gasteiger partial charge on any atom is -0.456 e. The average molecular weight is 292 g/mol. The van der Waals surface area contributed by atoms with E-state index in [9.17, 15) is 4.79 Å². The summed E-state index contributed by atoms with van der Waals surface area (Å²) < 4.78 is 5.49. The van der Waals surface area contributed by atoms with Gasteiger partial charge in [-0.15, -0.1) is 0 Å². The molecule has 1 atom stereocenters. The molecule has 2 fully saturated rings. The Hall–Kier alpha value is -1.37. The number of nitrogens with two attached hydrogens (primary N) is 1. The molecular formula is C15H24N4O2. The quantitative estimate of drug-likeness (QED) is 0.491. The van der Waals surface area contributed by atoms with Crippen molar-refractivity contribution < 1.29 is 9.21 Å². The minimum absolute atomic E-state index is 0.293. The monoisotopic (exact) mass is 292 g/mol. The van der Waals surface area contributed by atoms with E-state index in [1.807, 2.05) is 13.0 Å². The lowest BCUT2D eigenvalue weighted by Gasteiger charge is -2.44. The Morgan fingerprint density at radius 2 is 2.29 bits per heavy atom. The lowest BCUT2D eigenvalue weighted by molar-refractivity contribution is 0.0455. The Balaban J connectivity index is 1.64. The van der Waals surface area contributed by atoms with E-state index >= 15 is 0 Å². The second-order valence-electron chi connectivity index (χ2n) is 6.09. The number of hydrogen-bond acceptors (Lipinski definition) is 5. The second-order valence-corrected chi connectivity index (χ2v) is 6.09. The average Bonchev–Trinajstić information content (AvgIpc) is 2.87. The molecule has 6 nitrogen and oxygen atoms in total. The highest BCUT2D eigenvalue weighted by atomic mass is 16.4. The van der Waals surface area contributed by atoms with Crippen LogP contribution in [-0.2, 0) is 6.54 Å². The summed E-state index contributed by atoms with van der Waals surface area (Å²) in [5.41, 5.74) is 3.19. The van der Waals surface area contributed by atoms with Crippen molar-refractivity contribution >= 4 is 5.91 Å². The molecular weight excluding hydrogens is 268 g/mol. The molecule has 2 aliphatic rings. The first kappa shape index (κ1) is 14.6. The lowest BCUT2D eigenvalue weighted by Crippen LogP contribution is -2.54. The minimum atomic E-state index is -0.374. The molecule has 21 heavy (non-hydrogen) atoms. The normalized spacial score (nSPS) is 23.8. The number of hydrogen-bond donors (Lipinski definition) is 2. The van der Waals surface area contributed by atoms with Crippen molar-refractivity contribution in [1.29, 1.82) is 0 Å². The van der Waals surface area contributed by atoms with Crippen molar-refractivity contribution in [2.45, 2.75) is 38.8 Å². The first-order valence-corrected chi connectivity index (χ1v) is 7.74. The van der Waals surface area contributed by atoms with Crippen molar-refractivity contribution in [3.05, 3.63) is 23.2 Å². The molecule has 0 spiro atoms. The number of piperazine rings is 1. The van der Waals surface area contributed by atoms with E-state index in [-0.39, 0.29) is 5.91 Å². The fourth-order valence-corrected chi connectivity index (χ4v) is 3.46. The number of fused-ring (bicyclic) bond motifs is 1. The van der Waals surface area contributed by atoms with Crippen LogP contribution in [0.15, 0.2) is 10.5 Å². The molecule has 0 bridgehead atoms. The van der Waals surface area contributed by atoms with Crippen molar-refractivity contribution in [3.8, 4) is 0 Å². The molecule has 116 valence electrons. The number of aryl methyl sites for hydroxylation is 1. The molecule has 1 amide bonds. The van der Waals surface area contributed by atoms with E-state index in [2.05, 4.69) is 15.2 Å². The van der Waals surface area contributed by atoms with Gasteiger partial charge in [0.25, 0.3) is 0 Å². The van der Waals surface area contributed by atoms with Gasteiger partial charge in [0.15, 0.2) is 5.76 Å². The van der Waals surface area contributed by atoms with Crippen LogP contribution in [0.5, 0.6) is 0 Å². The molecule has 0 aliphatic carbocycles. The molecule has 2 saturated heterocycles. The summed E-state index contributed by atoms with van der Waals surface area (Å²) in [5, 5.41) is 0. The van der Waals surface area contributed by atoms with Gasteiger partial charge in [0.05, 0.1) is 0 Å². The molecule has 1 aromatic rings. The summed E-state index contributed by atoms with van der Waals surface area (Å²) in [4.78, 5) is 16.6. The summed E-state index contributed by atoms with van der Waals surface area (Å²) >= 11 is 0. The van der Waals surface area contributed by atoms with Crippen LogP contribution in [0.4, 0.5) is 0 Å². The summed E-state index contributed by atoms with van der Waals surface area (Å²) in [7, 11) is 0. The molecule has 0 aromatic carbocycles. The lowest BCUT2D eigenvalue weighted by atomic mass is 9.99. The zero-order chi connectivity index (χ0) is 14.8. The third-order valence-electron chi connectivity index (χ3n) is 4.69. The van der Waals surface area contributed by atoms with E-state index in [0.29, 0.717) is 11.8 Å². The van der Waals surface area contributed by atoms with E-state index in [1.54, 1.807) is 0 Å². The summed E-state index contributed by atoms with van der Waals surface area (Å²) in [5.74, 6) is 5.87. The van der Waals surface area contributed by atoms with Crippen LogP contribution >= 0.6 is 0 Å². The van der Waals surface area contributed by atoms with Crippen molar-refractivity contribution in [3.63, 3.8) is 0 Å². The predicted molar refractivity (Wildman–Crippen MR) is 79.6 cm³/mol. The molecule has 6 heteroatoms. The third kappa shape index (κ3) is 3.12. The van der Waals surface area contributed by atoms with Gasteiger partial charge >= 0.3 is 5.91 Å². The standard InChI is InChI=1S/C15H24N4O2/c1-11-12(8-14(21-11)15(20)17-16)9-18-6-7-19-5-3-2-4-13(19)10-18/h8,13H,2-7,9-10,16H2,1H3,(H,17,20). The maximum Gasteiger partial charge on any atom is 0.300 e. The van der Waals surface area contributed by atoms with Gasteiger partial charge in [-0.25, -0.2) is 5.84 Å². The molecule has 3 rings (SSSR count). The summed E-state index contributed by atoms with van der Waals surface area (Å²) in [6.45, 7) is 7.35. The van der Waals surface area contributed by atoms with Crippen LogP contribution < -0.4 is 11.3 Å². The van der Waals surface area contributed by atoms with E-state index in [1.165, 1.54) is 25.8 Å². The van der Waals surface area contributed by atoms with Crippen molar-refractivity contribution in [1.82, 2.24) is 15.2 Å². The number of hydrazine groups is 1. The molecule has 0 radical (unpaired) electrons. The Bertz CT molecular complexity index is 514. The maximum absolute atomic E-state index is 11.5. The third-order valence-corrected chi connectivity index (χ3v) is 4.69. The van der Waals surface area contributed by atoms with Gasteiger partial charge in [0.1, 0.15) is 5.76 Å². The van der Waals surface area contributed by atoms with Gasteiger partial charge in [-0.3, -0.25) is 20.0 Å². The predicted octanol–water partition coefficient (Wildman–Crippen LogP) is 0.862. The number of nitrogens with zero attached hydrogens (tertiary/aromatic N) is 2. The zero-order valence-corrected chi connectivity index (χ0v) is 12.6.